The number of rotatable bonds is 7. The quantitative estimate of drug-likeness (QED) is 0.333. The van der Waals surface area contributed by atoms with E-state index in [0.717, 1.165) is 16.7 Å². The SMILES string of the molecule is C=CC(=O)OCC(Cl)CP(=O)(c1ccccc1)c1ccccc1. The molecule has 1 atom stereocenters. The summed E-state index contributed by atoms with van der Waals surface area (Å²) < 4.78 is 18.7. The first-order valence-electron chi connectivity index (χ1n) is 7.20. The average molecular weight is 349 g/mol. The number of carbonyl (C=O) groups is 1. The summed E-state index contributed by atoms with van der Waals surface area (Å²) in [5, 5.41) is 0.934. The van der Waals surface area contributed by atoms with Gasteiger partial charge in [0.1, 0.15) is 13.7 Å². The number of benzene rings is 2. The molecule has 0 bridgehead atoms. The van der Waals surface area contributed by atoms with E-state index in [1.807, 2.05) is 60.7 Å². The molecule has 0 fully saturated rings. The van der Waals surface area contributed by atoms with Crippen LogP contribution < -0.4 is 10.6 Å². The molecule has 3 nitrogen and oxygen atoms in total. The monoisotopic (exact) mass is 348 g/mol. The zero-order valence-electron chi connectivity index (χ0n) is 12.6. The van der Waals surface area contributed by atoms with Gasteiger partial charge >= 0.3 is 5.97 Å². The number of hydrogen-bond donors (Lipinski definition) is 0. The molecule has 23 heavy (non-hydrogen) atoms. The highest BCUT2D eigenvalue weighted by Gasteiger charge is 2.30. The Morgan fingerprint density at radius 1 is 1.09 bits per heavy atom. The van der Waals surface area contributed by atoms with Crippen LogP contribution in [0.1, 0.15) is 0 Å². The van der Waals surface area contributed by atoms with Crippen LogP contribution in [-0.2, 0) is 14.1 Å². The summed E-state index contributed by atoms with van der Waals surface area (Å²) in [5.74, 6) is -0.537. The van der Waals surface area contributed by atoms with Crippen LogP contribution in [0.15, 0.2) is 73.3 Å². The summed E-state index contributed by atoms with van der Waals surface area (Å²) >= 11 is 6.28. The molecular weight excluding hydrogens is 331 g/mol. The maximum atomic E-state index is 13.7. The highest BCUT2D eigenvalue weighted by molar-refractivity contribution is 7.78. The summed E-state index contributed by atoms with van der Waals surface area (Å²) in [6, 6.07) is 18.5. The Balaban J connectivity index is 2.27. The fourth-order valence-corrected chi connectivity index (χ4v) is 5.60. The zero-order chi connectivity index (χ0) is 16.7. The van der Waals surface area contributed by atoms with Gasteiger partial charge in [-0.05, 0) is 0 Å². The number of alkyl halides is 1. The third kappa shape index (κ3) is 4.57. The Bertz CT molecular complexity index is 657. The van der Waals surface area contributed by atoms with Crippen molar-refractivity contribution in [3.8, 4) is 0 Å². The summed E-state index contributed by atoms with van der Waals surface area (Å²) in [4.78, 5) is 11.2. The second kappa shape index (κ2) is 8.14. The molecule has 5 heteroatoms. The van der Waals surface area contributed by atoms with Crippen LogP contribution in [0.2, 0.25) is 0 Å². The van der Waals surface area contributed by atoms with Gasteiger partial charge in [0.05, 0.1) is 5.38 Å². The predicted octanol–water partition coefficient (Wildman–Crippen LogP) is 3.34. The van der Waals surface area contributed by atoms with Crippen molar-refractivity contribution in [2.75, 3.05) is 12.8 Å². The topological polar surface area (TPSA) is 43.4 Å². The second-order valence-electron chi connectivity index (χ2n) is 5.02. The van der Waals surface area contributed by atoms with E-state index in [-0.39, 0.29) is 12.8 Å². The van der Waals surface area contributed by atoms with Gasteiger partial charge in [0.15, 0.2) is 0 Å². The van der Waals surface area contributed by atoms with E-state index in [1.54, 1.807) is 0 Å². The molecule has 0 radical (unpaired) electrons. The lowest BCUT2D eigenvalue weighted by Gasteiger charge is -2.21. The maximum absolute atomic E-state index is 13.7. The van der Waals surface area contributed by atoms with Gasteiger partial charge in [-0.1, -0.05) is 67.2 Å². The predicted molar refractivity (Wildman–Crippen MR) is 95.4 cm³/mol. The van der Waals surface area contributed by atoms with Crippen LogP contribution in [-0.4, -0.2) is 24.1 Å². The molecule has 0 aromatic heterocycles. The minimum absolute atomic E-state index is 0.00390. The van der Waals surface area contributed by atoms with E-state index >= 15 is 0 Å². The molecule has 0 aliphatic carbocycles. The second-order valence-corrected chi connectivity index (χ2v) is 8.52. The maximum Gasteiger partial charge on any atom is 0.330 e. The first kappa shape index (κ1) is 17.5. The van der Waals surface area contributed by atoms with E-state index in [0.29, 0.717) is 0 Å². The summed E-state index contributed by atoms with van der Waals surface area (Å²) in [7, 11) is -2.90. The molecule has 2 aromatic carbocycles. The van der Waals surface area contributed by atoms with E-state index in [1.165, 1.54) is 0 Å². The van der Waals surface area contributed by atoms with Crippen LogP contribution in [0.25, 0.3) is 0 Å². The van der Waals surface area contributed by atoms with Gasteiger partial charge in [-0.3, -0.25) is 0 Å². The zero-order valence-corrected chi connectivity index (χ0v) is 14.2. The van der Waals surface area contributed by atoms with Crippen LogP contribution in [0.3, 0.4) is 0 Å². The van der Waals surface area contributed by atoms with Gasteiger partial charge in [0.25, 0.3) is 0 Å². The number of carbonyl (C=O) groups excluding carboxylic acids is 1. The molecule has 0 amide bonds. The molecule has 2 rings (SSSR count). The molecule has 0 saturated heterocycles. The molecule has 0 saturated carbocycles. The normalized spacial score (nSPS) is 12.4. The molecule has 0 N–H and O–H groups in total. The van der Waals surface area contributed by atoms with Crippen molar-refractivity contribution in [3.63, 3.8) is 0 Å². The lowest BCUT2D eigenvalue weighted by molar-refractivity contribution is -0.137. The number of halogens is 1. The first-order chi connectivity index (χ1) is 11.1. The van der Waals surface area contributed by atoms with Crippen molar-refractivity contribution in [2.45, 2.75) is 5.38 Å². The lowest BCUT2D eigenvalue weighted by Crippen LogP contribution is -2.25. The Labute approximate surface area is 141 Å². The minimum atomic E-state index is -2.90. The van der Waals surface area contributed by atoms with Gasteiger partial charge in [0, 0.05) is 22.8 Å². The van der Waals surface area contributed by atoms with Gasteiger partial charge in [-0.15, -0.1) is 11.6 Å². The minimum Gasteiger partial charge on any atom is -0.461 e. The van der Waals surface area contributed by atoms with Gasteiger partial charge in [0.2, 0.25) is 0 Å². The molecule has 0 spiro atoms. The smallest absolute Gasteiger partial charge is 0.330 e. The number of esters is 1. The number of hydrogen-bond acceptors (Lipinski definition) is 3. The first-order valence-corrected chi connectivity index (χ1v) is 9.52. The molecule has 0 aliphatic rings. The Morgan fingerprint density at radius 2 is 1.57 bits per heavy atom. The largest absolute Gasteiger partial charge is 0.461 e. The molecule has 2 aromatic rings. The highest BCUT2D eigenvalue weighted by atomic mass is 35.5. The molecular formula is C18H18ClO3P. The van der Waals surface area contributed by atoms with Crippen LogP contribution in [0.4, 0.5) is 0 Å². The fourth-order valence-electron chi connectivity index (χ4n) is 2.26. The summed E-state index contributed by atoms with van der Waals surface area (Å²) in [6.45, 7) is 3.33. The van der Waals surface area contributed by atoms with Crippen LogP contribution in [0, 0.1) is 0 Å². The summed E-state index contributed by atoms with van der Waals surface area (Å²) in [6.07, 6.45) is 1.30. The Kier molecular flexibility index (Phi) is 6.20. The molecule has 0 aliphatic heterocycles. The molecule has 1 unspecified atom stereocenters. The van der Waals surface area contributed by atoms with Crippen molar-refractivity contribution in [1.82, 2.24) is 0 Å². The standard InChI is InChI=1S/C18H18ClO3P/c1-2-18(20)22-13-15(19)14-23(21,16-9-5-3-6-10-16)17-11-7-4-8-12-17/h2-12,15H,1,13-14H2. The lowest BCUT2D eigenvalue weighted by atomic mass is 10.4. The van der Waals surface area contributed by atoms with Crippen molar-refractivity contribution in [2.24, 2.45) is 0 Å². The number of ether oxygens (including phenoxy) is 1. The van der Waals surface area contributed by atoms with Gasteiger partial charge < -0.3 is 9.30 Å². The summed E-state index contributed by atoms with van der Waals surface area (Å²) in [5.41, 5.74) is 0. The fraction of sp³-hybridized carbons (Fsp3) is 0.167. The van der Waals surface area contributed by atoms with E-state index in [2.05, 4.69) is 6.58 Å². The van der Waals surface area contributed by atoms with Crippen molar-refractivity contribution in [3.05, 3.63) is 73.3 Å². The Morgan fingerprint density at radius 3 is 2.00 bits per heavy atom. The van der Waals surface area contributed by atoms with Crippen molar-refractivity contribution < 1.29 is 14.1 Å². The Hall–Kier alpha value is -1.83. The van der Waals surface area contributed by atoms with Crippen molar-refractivity contribution in [1.29, 1.82) is 0 Å². The molecule has 0 heterocycles. The van der Waals surface area contributed by atoms with E-state index < -0.39 is 18.5 Å². The average Bonchev–Trinajstić information content (AvgIpc) is 2.61. The molecule has 120 valence electrons. The van der Waals surface area contributed by atoms with E-state index in [9.17, 15) is 9.36 Å². The third-order valence-electron chi connectivity index (χ3n) is 3.37. The van der Waals surface area contributed by atoms with Crippen LogP contribution >= 0.6 is 18.7 Å². The van der Waals surface area contributed by atoms with E-state index in [4.69, 9.17) is 16.3 Å². The van der Waals surface area contributed by atoms with Crippen LogP contribution in [0.5, 0.6) is 0 Å². The highest BCUT2D eigenvalue weighted by Crippen LogP contribution is 2.44. The van der Waals surface area contributed by atoms with Gasteiger partial charge in [-0.25, -0.2) is 4.79 Å². The van der Waals surface area contributed by atoms with Gasteiger partial charge in [-0.2, -0.15) is 0 Å². The third-order valence-corrected chi connectivity index (χ3v) is 7.09. The van der Waals surface area contributed by atoms with Crippen molar-refractivity contribution >= 4 is 35.3 Å².